The van der Waals surface area contributed by atoms with Crippen molar-refractivity contribution in [3.63, 3.8) is 0 Å². The molecular weight excluding hydrogens is 296 g/mol. The molecule has 1 aliphatic carbocycles. The van der Waals surface area contributed by atoms with Gasteiger partial charge in [0, 0.05) is 25.0 Å². The molecule has 1 saturated carbocycles. The third-order valence-corrected chi connectivity index (χ3v) is 5.00. The van der Waals surface area contributed by atoms with Crippen LogP contribution in [0.4, 0.5) is 4.79 Å². The number of amides is 2. The van der Waals surface area contributed by atoms with Crippen LogP contribution in [0.2, 0.25) is 0 Å². The maximum Gasteiger partial charge on any atom is 0.318 e. The summed E-state index contributed by atoms with van der Waals surface area (Å²) in [5.41, 5.74) is 0. The van der Waals surface area contributed by atoms with Crippen molar-refractivity contribution in [2.45, 2.75) is 57.0 Å². The van der Waals surface area contributed by atoms with Crippen molar-refractivity contribution in [2.75, 3.05) is 6.54 Å². The first-order valence-electron chi connectivity index (χ1n) is 8.44. The van der Waals surface area contributed by atoms with Crippen LogP contribution in [0, 0.1) is 5.92 Å². The summed E-state index contributed by atoms with van der Waals surface area (Å²) in [6, 6.07) is 0.0382. The van der Waals surface area contributed by atoms with Gasteiger partial charge in [-0.2, -0.15) is 0 Å². The predicted octanol–water partition coefficient (Wildman–Crippen LogP) is 2.29. The van der Waals surface area contributed by atoms with E-state index in [1.165, 1.54) is 0 Å². The standard InChI is InChI=1S/C16H24N4O3/c21-15(22)11-4-6-12(7-5-11)19-16(23)20-10-2-1-3-13(20)14-17-8-9-18-14/h8-9,11-13H,1-7,10H2,(H,17,18)(H,19,23)(H,21,22). The second kappa shape index (κ2) is 7.02. The molecule has 1 saturated heterocycles. The number of carbonyl (C=O) groups excluding carboxylic acids is 1. The molecule has 2 aliphatic rings. The second-order valence-corrected chi connectivity index (χ2v) is 6.52. The maximum absolute atomic E-state index is 12.6. The number of imidazole rings is 1. The number of likely N-dealkylation sites (tertiary alicyclic amines) is 1. The number of carboxylic acid groups (broad SMARTS) is 1. The summed E-state index contributed by atoms with van der Waals surface area (Å²) < 4.78 is 0. The number of aliphatic carboxylic acids is 1. The second-order valence-electron chi connectivity index (χ2n) is 6.52. The largest absolute Gasteiger partial charge is 0.481 e. The van der Waals surface area contributed by atoms with E-state index in [0.717, 1.165) is 44.5 Å². The number of hydrogen-bond acceptors (Lipinski definition) is 3. The molecule has 1 aliphatic heterocycles. The zero-order chi connectivity index (χ0) is 16.2. The van der Waals surface area contributed by atoms with Gasteiger partial charge in [0.15, 0.2) is 0 Å². The number of rotatable bonds is 3. The lowest BCUT2D eigenvalue weighted by Gasteiger charge is -2.36. The number of nitrogens with zero attached hydrogens (tertiary/aromatic N) is 2. The Morgan fingerprint density at radius 1 is 1.22 bits per heavy atom. The van der Waals surface area contributed by atoms with Gasteiger partial charge in [0.1, 0.15) is 5.82 Å². The highest BCUT2D eigenvalue weighted by atomic mass is 16.4. The summed E-state index contributed by atoms with van der Waals surface area (Å²) in [6.45, 7) is 0.738. The molecule has 1 atom stereocenters. The van der Waals surface area contributed by atoms with Crippen molar-refractivity contribution >= 4 is 12.0 Å². The summed E-state index contributed by atoms with van der Waals surface area (Å²) in [5, 5.41) is 12.1. The predicted molar refractivity (Wildman–Crippen MR) is 83.8 cm³/mol. The summed E-state index contributed by atoms with van der Waals surface area (Å²) >= 11 is 0. The van der Waals surface area contributed by atoms with Crippen LogP contribution in [0.3, 0.4) is 0 Å². The Labute approximate surface area is 135 Å². The van der Waals surface area contributed by atoms with Gasteiger partial charge in [-0.15, -0.1) is 0 Å². The number of aromatic nitrogens is 2. The Morgan fingerprint density at radius 2 is 2.00 bits per heavy atom. The zero-order valence-corrected chi connectivity index (χ0v) is 13.2. The molecule has 7 nitrogen and oxygen atoms in total. The number of carboxylic acids is 1. The lowest BCUT2D eigenvalue weighted by molar-refractivity contribution is -0.142. The minimum atomic E-state index is -0.719. The van der Waals surface area contributed by atoms with Gasteiger partial charge < -0.3 is 20.3 Å². The fourth-order valence-electron chi connectivity index (χ4n) is 3.66. The summed E-state index contributed by atoms with van der Waals surface area (Å²) in [5.74, 6) is -0.132. The summed E-state index contributed by atoms with van der Waals surface area (Å²) in [7, 11) is 0. The van der Waals surface area contributed by atoms with Gasteiger partial charge in [0.05, 0.1) is 12.0 Å². The van der Waals surface area contributed by atoms with E-state index < -0.39 is 5.97 Å². The zero-order valence-electron chi connectivity index (χ0n) is 13.2. The molecule has 1 unspecified atom stereocenters. The molecular formula is C16H24N4O3. The van der Waals surface area contributed by atoms with Gasteiger partial charge in [-0.05, 0) is 44.9 Å². The maximum atomic E-state index is 12.6. The SMILES string of the molecule is O=C(O)C1CCC(NC(=O)N2CCCCC2c2ncc[nH]2)CC1. The monoisotopic (exact) mass is 320 g/mol. The van der Waals surface area contributed by atoms with E-state index in [0.29, 0.717) is 12.8 Å². The van der Waals surface area contributed by atoms with E-state index in [9.17, 15) is 9.59 Å². The third-order valence-electron chi connectivity index (χ3n) is 5.00. The van der Waals surface area contributed by atoms with Crippen molar-refractivity contribution in [2.24, 2.45) is 5.92 Å². The lowest BCUT2D eigenvalue weighted by atomic mass is 9.86. The Balaban J connectivity index is 1.57. The van der Waals surface area contributed by atoms with Crippen LogP contribution in [-0.4, -0.2) is 44.6 Å². The van der Waals surface area contributed by atoms with Gasteiger partial charge >= 0.3 is 12.0 Å². The van der Waals surface area contributed by atoms with Crippen LogP contribution in [0.25, 0.3) is 0 Å². The number of hydrogen-bond donors (Lipinski definition) is 3. The minimum Gasteiger partial charge on any atom is -0.481 e. The summed E-state index contributed by atoms with van der Waals surface area (Å²) in [4.78, 5) is 32.9. The number of carbonyl (C=O) groups is 2. The molecule has 2 heterocycles. The van der Waals surface area contributed by atoms with Crippen LogP contribution in [-0.2, 0) is 4.79 Å². The van der Waals surface area contributed by atoms with Crippen molar-refractivity contribution < 1.29 is 14.7 Å². The van der Waals surface area contributed by atoms with Crippen LogP contribution >= 0.6 is 0 Å². The Morgan fingerprint density at radius 3 is 2.65 bits per heavy atom. The fourth-order valence-corrected chi connectivity index (χ4v) is 3.66. The fraction of sp³-hybridized carbons (Fsp3) is 0.688. The molecule has 0 radical (unpaired) electrons. The van der Waals surface area contributed by atoms with E-state index in [-0.39, 0.29) is 24.0 Å². The molecule has 7 heteroatoms. The van der Waals surface area contributed by atoms with Gasteiger partial charge in [-0.25, -0.2) is 9.78 Å². The Hall–Kier alpha value is -2.05. The normalized spacial score (nSPS) is 28.3. The Bertz CT molecular complexity index is 538. The number of urea groups is 1. The average molecular weight is 320 g/mol. The van der Waals surface area contributed by atoms with E-state index in [4.69, 9.17) is 5.11 Å². The molecule has 1 aromatic heterocycles. The molecule has 0 aromatic carbocycles. The molecule has 0 spiro atoms. The average Bonchev–Trinajstić information content (AvgIpc) is 3.09. The van der Waals surface area contributed by atoms with Crippen molar-refractivity contribution in [1.82, 2.24) is 20.2 Å². The topological polar surface area (TPSA) is 98.3 Å². The minimum absolute atomic E-state index is 0.00843. The molecule has 1 aromatic rings. The smallest absolute Gasteiger partial charge is 0.318 e. The van der Waals surface area contributed by atoms with Crippen molar-refractivity contribution in [3.8, 4) is 0 Å². The van der Waals surface area contributed by atoms with E-state index in [2.05, 4.69) is 15.3 Å². The molecule has 126 valence electrons. The van der Waals surface area contributed by atoms with Gasteiger partial charge in [0.2, 0.25) is 0 Å². The van der Waals surface area contributed by atoms with E-state index in [1.54, 1.807) is 12.4 Å². The van der Waals surface area contributed by atoms with E-state index >= 15 is 0 Å². The number of aromatic amines is 1. The highest BCUT2D eigenvalue weighted by Gasteiger charge is 2.32. The lowest BCUT2D eigenvalue weighted by Crippen LogP contribution is -2.49. The number of piperidine rings is 1. The van der Waals surface area contributed by atoms with Crippen LogP contribution < -0.4 is 5.32 Å². The van der Waals surface area contributed by atoms with Crippen LogP contribution in [0.1, 0.15) is 56.8 Å². The first-order chi connectivity index (χ1) is 11.1. The highest BCUT2D eigenvalue weighted by Crippen LogP contribution is 2.29. The van der Waals surface area contributed by atoms with Gasteiger partial charge in [-0.3, -0.25) is 4.79 Å². The van der Waals surface area contributed by atoms with Gasteiger partial charge in [0.25, 0.3) is 0 Å². The Kier molecular flexibility index (Phi) is 4.83. The molecule has 2 amide bonds. The first kappa shape index (κ1) is 15.8. The molecule has 0 bridgehead atoms. The van der Waals surface area contributed by atoms with Crippen molar-refractivity contribution in [1.29, 1.82) is 0 Å². The third kappa shape index (κ3) is 3.65. The first-order valence-corrected chi connectivity index (χ1v) is 8.44. The van der Waals surface area contributed by atoms with Crippen LogP contribution in [0.15, 0.2) is 12.4 Å². The van der Waals surface area contributed by atoms with E-state index in [1.807, 2.05) is 4.90 Å². The van der Waals surface area contributed by atoms with Crippen molar-refractivity contribution in [3.05, 3.63) is 18.2 Å². The van der Waals surface area contributed by atoms with Gasteiger partial charge in [-0.1, -0.05) is 0 Å². The highest BCUT2D eigenvalue weighted by molar-refractivity contribution is 5.75. The van der Waals surface area contributed by atoms with Crippen LogP contribution in [0.5, 0.6) is 0 Å². The molecule has 3 rings (SSSR count). The number of nitrogens with one attached hydrogen (secondary N) is 2. The molecule has 23 heavy (non-hydrogen) atoms. The molecule has 2 fully saturated rings. The quantitative estimate of drug-likeness (QED) is 0.795. The molecule has 3 N–H and O–H groups in total. The summed E-state index contributed by atoms with van der Waals surface area (Å²) in [6.07, 6.45) is 9.29. The number of H-pyrrole nitrogens is 1.